The van der Waals surface area contributed by atoms with Crippen LogP contribution in [0.4, 0.5) is 11.4 Å². The summed E-state index contributed by atoms with van der Waals surface area (Å²) in [5.74, 6) is -1.57. The molecule has 0 bridgehead atoms. The summed E-state index contributed by atoms with van der Waals surface area (Å²) in [7, 11) is 0. The van der Waals surface area contributed by atoms with Crippen LogP contribution in [0.3, 0.4) is 0 Å². The number of rotatable bonds is 5. The van der Waals surface area contributed by atoms with E-state index in [0.29, 0.717) is 12.8 Å². The number of carbonyl (C=O) groups is 3. The monoisotopic (exact) mass is 347 g/mol. The van der Waals surface area contributed by atoms with Crippen molar-refractivity contribution in [1.29, 1.82) is 0 Å². The average Bonchev–Trinajstić information content (AvgIpc) is 2.89. The van der Waals surface area contributed by atoms with Gasteiger partial charge in [0, 0.05) is 31.0 Å². The van der Waals surface area contributed by atoms with Crippen molar-refractivity contribution in [2.45, 2.75) is 37.7 Å². The van der Waals surface area contributed by atoms with Crippen LogP contribution >= 0.6 is 0 Å². The van der Waals surface area contributed by atoms with Gasteiger partial charge in [-0.25, -0.2) is 4.90 Å². The molecule has 0 aromatic heterocycles. The predicted molar refractivity (Wildman–Crippen MR) is 86.0 cm³/mol. The summed E-state index contributed by atoms with van der Waals surface area (Å²) in [5.41, 5.74) is -1.50. The van der Waals surface area contributed by atoms with E-state index in [-0.39, 0.29) is 30.6 Å². The second-order valence-corrected chi connectivity index (χ2v) is 6.34. The standard InChI is InChI=1S/C16H17N3O6/c20-13-4-5-14(21)18(13)11-3-2-10(8-12(11)19(24)25)15(22)17-9-16(23)6-1-7-16/h2-3,8,23H,1,4-7,9H2,(H,17,22). The highest BCUT2D eigenvalue weighted by atomic mass is 16.6. The zero-order chi connectivity index (χ0) is 18.2. The van der Waals surface area contributed by atoms with Crippen LogP contribution in [0.15, 0.2) is 18.2 Å². The van der Waals surface area contributed by atoms with Gasteiger partial charge in [0.1, 0.15) is 5.69 Å². The molecule has 2 fully saturated rings. The third-order valence-corrected chi connectivity index (χ3v) is 4.59. The number of nitrogens with one attached hydrogen (secondary N) is 1. The summed E-state index contributed by atoms with van der Waals surface area (Å²) < 4.78 is 0. The molecule has 2 aliphatic rings. The van der Waals surface area contributed by atoms with E-state index in [1.807, 2.05) is 0 Å². The minimum Gasteiger partial charge on any atom is -0.388 e. The van der Waals surface area contributed by atoms with Gasteiger partial charge in [0.15, 0.2) is 0 Å². The molecule has 1 heterocycles. The molecule has 9 nitrogen and oxygen atoms in total. The fourth-order valence-electron chi connectivity index (χ4n) is 2.95. The number of hydrogen-bond donors (Lipinski definition) is 2. The van der Waals surface area contributed by atoms with Crippen LogP contribution in [-0.2, 0) is 9.59 Å². The van der Waals surface area contributed by atoms with Gasteiger partial charge in [0.05, 0.1) is 10.5 Å². The number of nitrogens with zero attached hydrogens (tertiary/aromatic N) is 2. The highest BCUT2D eigenvalue weighted by Gasteiger charge is 2.36. The predicted octanol–water partition coefficient (Wildman–Crippen LogP) is 0.893. The topological polar surface area (TPSA) is 130 Å². The normalized spacial score (nSPS) is 18.8. The Morgan fingerprint density at radius 2 is 1.92 bits per heavy atom. The molecule has 3 rings (SSSR count). The van der Waals surface area contributed by atoms with Crippen molar-refractivity contribution in [3.05, 3.63) is 33.9 Å². The molecular weight excluding hydrogens is 330 g/mol. The maximum absolute atomic E-state index is 12.2. The van der Waals surface area contributed by atoms with Crippen LogP contribution in [0, 0.1) is 10.1 Å². The molecule has 1 saturated carbocycles. The van der Waals surface area contributed by atoms with Crippen molar-refractivity contribution >= 4 is 29.1 Å². The molecule has 0 radical (unpaired) electrons. The van der Waals surface area contributed by atoms with Gasteiger partial charge in [-0.05, 0) is 31.4 Å². The minimum atomic E-state index is -0.907. The number of carbonyl (C=O) groups excluding carboxylic acids is 3. The Morgan fingerprint density at radius 1 is 1.28 bits per heavy atom. The van der Waals surface area contributed by atoms with Crippen molar-refractivity contribution in [3.8, 4) is 0 Å². The van der Waals surface area contributed by atoms with E-state index < -0.39 is 33.9 Å². The van der Waals surface area contributed by atoms with E-state index in [4.69, 9.17) is 0 Å². The van der Waals surface area contributed by atoms with Crippen LogP contribution in [0.25, 0.3) is 0 Å². The van der Waals surface area contributed by atoms with Crippen LogP contribution < -0.4 is 10.2 Å². The number of hydrogen-bond acceptors (Lipinski definition) is 6. The second-order valence-electron chi connectivity index (χ2n) is 6.34. The van der Waals surface area contributed by atoms with Gasteiger partial charge in [-0.15, -0.1) is 0 Å². The van der Waals surface area contributed by atoms with E-state index in [1.54, 1.807) is 0 Å². The van der Waals surface area contributed by atoms with Gasteiger partial charge in [-0.3, -0.25) is 24.5 Å². The molecule has 1 aromatic rings. The first-order valence-electron chi connectivity index (χ1n) is 7.95. The lowest BCUT2D eigenvalue weighted by molar-refractivity contribution is -0.384. The fourth-order valence-corrected chi connectivity index (χ4v) is 2.95. The van der Waals surface area contributed by atoms with Gasteiger partial charge in [-0.2, -0.15) is 0 Å². The Labute approximate surface area is 142 Å². The van der Waals surface area contributed by atoms with Crippen molar-refractivity contribution in [2.75, 3.05) is 11.4 Å². The average molecular weight is 347 g/mol. The number of aliphatic hydroxyl groups is 1. The van der Waals surface area contributed by atoms with Gasteiger partial charge >= 0.3 is 0 Å². The number of imide groups is 1. The van der Waals surface area contributed by atoms with E-state index in [1.165, 1.54) is 12.1 Å². The zero-order valence-corrected chi connectivity index (χ0v) is 13.4. The zero-order valence-electron chi connectivity index (χ0n) is 13.4. The smallest absolute Gasteiger partial charge is 0.294 e. The maximum Gasteiger partial charge on any atom is 0.294 e. The molecule has 3 amide bonds. The number of amides is 3. The van der Waals surface area contributed by atoms with Crippen molar-refractivity contribution in [2.24, 2.45) is 0 Å². The Kier molecular flexibility index (Phi) is 4.25. The summed E-state index contributed by atoms with van der Waals surface area (Å²) in [6.45, 7) is 0.0739. The van der Waals surface area contributed by atoms with Gasteiger partial charge in [0.2, 0.25) is 11.8 Å². The molecule has 9 heteroatoms. The molecule has 132 valence electrons. The third-order valence-electron chi connectivity index (χ3n) is 4.59. The Balaban J connectivity index is 1.83. The molecule has 1 aliphatic carbocycles. The summed E-state index contributed by atoms with van der Waals surface area (Å²) in [5, 5.41) is 23.9. The highest BCUT2D eigenvalue weighted by molar-refractivity contribution is 6.21. The summed E-state index contributed by atoms with van der Waals surface area (Å²) in [6.07, 6.45) is 2.12. The largest absolute Gasteiger partial charge is 0.388 e. The maximum atomic E-state index is 12.2. The molecule has 0 unspecified atom stereocenters. The lowest BCUT2D eigenvalue weighted by Crippen LogP contribution is -2.47. The molecule has 1 aromatic carbocycles. The first-order chi connectivity index (χ1) is 11.8. The number of nitro benzene ring substituents is 1. The summed E-state index contributed by atoms with van der Waals surface area (Å²) >= 11 is 0. The van der Waals surface area contributed by atoms with Crippen molar-refractivity contribution < 1.29 is 24.4 Å². The molecule has 0 atom stereocenters. The first-order valence-corrected chi connectivity index (χ1v) is 7.95. The fraction of sp³-hybridized carbons (Fsp3) is 0.438. The van der Waals surface area contributed by atoms with E-state index in [0.717, 1.165) is 17.4 Å². The lowest BCUT2D eigenvalue weighted by Gasteiger charge is -2.36. The molecule has 1 saturated heterocycles. The molecular formula is C16H17N3O6. The molecule has 25 heavy (non-hydrogen) atoms. The van der Waals surface area contributed by atoms with Crippen molar-refractivity contribution in [1.82, 2.24) is 5.32 Å². The Morgan fingerprint density at radius 3 is 2.44 bits per heavy atom. The van der Waals surface area contributed by atoms with Gasteiger partial charge in [0.25, 0.3) is 11.6 Å². The summed E-state index contributed by atoms with van der Waals surface area (Å²) in [4.78, 5) is 47.2. The SMILES string of the molecule is O=C(NCC1(O)CCC1)c1ccc(N2C(=O)CCC2=O)c([N+](=O)[O-])c1. The molecule has 1 aliphatic heterocycles. The van der Waals surface area contributed by atoms with Crippen LogP contribution in [-0.4, -0.2) is 39.9 Å². The minimum absolute atomic E-state index is 0.0107. The number of benzene rings is 1. The first kappa shape index (κ1) is 17.0. The molecule has 0 spiro atoms. The van der Waals surface area contributed by atoms with Crippen LogP contribution in [0.5, 0.6) is 0 Å². The van der Waals surface area contributed by atoms with Crippen LogP contribution in [0.2, 0.25) is 0 Å². The van der Waals surface area contributed by atoms with E-state index >= 15 is 0 Å². The molecule has 2 N–H and O–H groups in total. The number of nitro groups is 1. The third kappa shape index (κ3) is 3.22. The lowest BCUT2D eigenvalue weighted by atomic mass is 9.80. The van der Waals surface area contributed by atoms with Gasteiger partial charge < -0.3 is 10.4 Å². The van der Waals surface area contributed by atoms with Crippen LogP contribution in [0.1, 0.15) is 42.5 Å². The van der Waals surface area contributed by atoms with Gasteiger partial charge in [-0.1, -0.05) is 0 Å². The summed E-state index contributed by atoms with van der Waals surface area (Å²) in [6, 6.07) is 3.59. The Hall–Kier alpha value is -2.81. The van der Waals surface area contributed by atoms with Crippen molar-refractivity contribution in [3.63, 3.8) is 0 Å². The second kappa shape index (κ2) is 6.25. The quantitative estimate of drug-likeness (QED) is 0.462. The Bertz CT molecular complexity index is 755. The van der Waals surface area contributed by atoms with E-state index in [2.05, 4.69) is 5.32 Å². The van der Waals surface area contributed by atoms with E-state index in [9.17, 15) is 29.6 Å². The number of anilines is 1. The highest BCUT2D eigenvalue weighted by Crippen LogP contribution is 2.33.